The molecule has 1 N–H and O–H groups in total. The average molecular weight is 233 g/mol. The van der Waals surface area contributed by atoms with Gasteiger partial charge in [0, 0.05) is 5.92 Å². The lowest BCUT2D eigenvalue weighted by Crippen LogP contribution is -2.40. The van der Waals surface area contributed by atoms with Crippen LogP contribution < -0.4 is 5.32 Å². The largest absolute Gasteiger partial charge is 0.349 e. The lowest BCUT2D eigenvalue weighted by Gasteiger charge is -2.18. The summed E-state index contributed by atoms with van der Waals surface area (Å²) in [5, 5.41) is 2.62. The van der Waals surface area contributed by atoms with Crippen molar-refractivity contribution in [3.63, 3.8) is 0 Å². The fourth-order valence-corrected chi connectivity index (χ4v) is 1.72. The van der Waals surface area contributed by atoms with E-state index in [1.165, 1.54) is 0 Å². The van der Waals surface area contributed by atoms with Crippen LogP contribution >= 0.6 is 0 Å². The molecule has 1 unspecified atom stereocenters. The first-order valence-corrected chi connectivity index (χ1v) is 5.96. The minimum atomic E-state index is -0.412. The number of hydrogen-bond acceptors (Lipinski definition) is 2. The molecule has 1 aromatic carbocycles. The second-order valence-electron chi connectivity index (χ2n) is 4.24. The number of rotatable bonds is 7. The van der Waals surface area contributed by atoms with Crippen LogP contribution in [0.15, 0.2) is 30.3 Å². The lowest BCUT2D eigenvalue weighted by atomic mass is 9.93. The summed E-state index contributed by atoms with van der Waals surface area (Å²) in [6, 6.07) is 9.31. The molecule has 0 radical (unpaired) electrons. The van der Waals surface area contributed by atoms with Gasteiger partial charge in [-0.2, -0.15) is 0 Å². The van der Waals surface area contributed by atoms with Crippen LogP contribution in [0.2, 0.25) is 0 Å². The molecule has 1 amide bonds. The number of carbonyl (C=O) groups excluding carboxylic acids is 2. The topological polar surface area (TPSA) is 46.2 Å². The van der Waals surface area contributed by atoms with Gasteiger partial charge in [-0.1, -0.05) is 44.2 Å². The zero-order valence-corrected chi connectivity index (χ0v) is 10.3. The zero-order chi connectivity index (χ0) is 12.7. The molecule has 0 saturated carbocycles. The van der Waals surface area contributed by atoms with Crippen LogP contribution in [0.5, 0.6) is 0 Å². The zero-order valence-electron chi connectivity index (χ0n) is 10.3. The van der Waals surface area contributed by atoms with Crippen molar-refractivity contribution in [1.82, 2.24) is 5.32 Å². The molecule has 0 bridgehead atoms. The predicted molar refractivity (Wildman–Crippen MR) is 67.6 cm³/mol. The van der Waals surface area contributed by atoms with Gasteiger partial charge in [0.1, 0.15) is 0 Å². The van der Waals surface area contributed by atoms with Gasteiger partial charge in [-0.3, -0.25) is 9.59 Å². The Labute approximate surface area is 102 Å². The van der Waals surface area contributed by atoms with Crippen molar-refractivity contribution in [3.05, 3.63) is 35.9 Å². The highest BCUT2D eigenvalue weighted by molar-refractivity contribution is 5.87. The van der Waals surface area contributed by atoms with E-state index in [1.807, 2.05) is 44.2 Å². The smallest absolute Gasteiger partial charge is 0.207 e. The molecule has 0 aliphatic heterocycles. The molecule has 17 heavy (non-hydrogen) atoms. The third kappa shape index (κ3) is 4.02. The first kappa shape index (κ1) is 13.4. The standard InChI is InChI=1S/C14H19NO2/c1-3-11(2)14(17)13(15-10-16)9-12-7-5-4-6-8-12/h4-8,10-11,13H,3,9H2,1-2H3,(H,15,16)/t11?,13-/m1/s1. The number of carbonyl (C=O) groups is 2. The molecular weight excluding hydrogens is 214 g/mol. The van der Waals surface area contributed by atoms with Gasteiger partial charge in [0.25, 0.3) is 0 Å². The molecular formula is C14H19NO2. The second kappa shape index (κ2) is 6.84. The molecule has 3 nitrogen and oxygen atoms in total. The van der Waals surface area contributed by atoms with E-state index in [-0.39, 0.29) is 11.7 Å². The maximum Gasteiger partial charge on any atom is 0.207 e. The van der Waals surface area contributed by atoms with Gasteiger partial charge in [0.15, 0.2) is 5.78 Å². The van der Waals surface area contributed by atoms with Crippen molar-refractivity contribution in [3.8, 4) is 0 Å². The number of hydrogen-bond donors (Lipinski definition) is 1. The van der Waals surface area contributed by atoms with Crippen molar-refractivity contribution in [2.75, 3.05) is 0 Å². The summed E-state index contributed by atoms with van der Waals surface area (Å²) in [4.78, 5) is 22.6. The van der Waals surface area contributed by atoms with E-state index in [9.17, 15) is 9.59 Å². The number of ketones is 1. The minimum Gasteiger partial charge on any atom is -0.349 e. The first-order valence-electron chi connectivity index (χ1n) is 5.96. The molecule has 0 heterocycles. The molecule has 0 aliphatic rings. The summed E-state index contributed by atoms with van der Waals surface area (Å²) in [7, 11) is 0. The normalized spacial score (nSPS) is 13.8. The molecule has 2 atom stereocenters. The van der Waals surface area contributed by atoms with E-state index in [4.69, 9.17) is 0 Å². The molecule has 3 heteroatoms. The van der Waals surface area contributed by atoms with Crippen LogP contribution in [-0.4, -0.2) is 18.2 Å². The number of Topliss-reactive ketones (excluding diaryl/α,β-unsaturated/α-hetero) is 1. The second-order valence-corrected chi connectivity index (χ2v) is 4.24. The Morgan fingerprint density at radius 3 is 2.53 bits per heavy atom. The van der Waals surface area contributed by atoms with Gasteiger partial charge in [-0.15, -0.1) is 0 Å². The van der Waals surface area contributed by atoms with E-state index in [2.05, 4.69) is 5.32 Å². The Balaban J connectivity index is 2.72. The third-order valence-electron chi connectivity index (χ3n) is 2.99. The molecule has 1 rings (SSSR count). The molecule has 92 valence electrons. The van der Waals surface area contributed by atoms with E-state index in [0.29, 0.717) is 12.8 Å². The van der Waals surface area contributed by atoms with E-state index in [0.717, 1.165) is 12.0 Å². The molecule has 0 saturated heterocycles. The fraction of sp³-hybridized carbons (Fsp3) is 0.429. The van der Waals surface area contributed by atoms with Gasteiger partial charge in [-0.05, 0) is 18.4 Å². The predicted octanol–water partition coefficient (Wildman–Crippen LogP) is 1.96. The fourth-order valence-electron chi connectivity index (χ4n) is 1.72. The lowest BCUT2D eigenvalue weighted by molar-refractivity contribution is -0.126. The van der Waals surface area contributed by atoms with Crippen molar-refractivity contribution < 1.29 is 9.59 Å². The molecule has 1 aromatic rings. The number of nitrogens with one attached hydrogen (secondary N) is 1. The van der Waals surface area contributed by atoms with Crippen molar-refractivity contribution in [2.45, 2.75) is 32.7 Å². The van der Waals surface area contributed by atoms with Crippen LogP contribution in [0.4, 0.5) is 0 Å². The summed E-state index contributed by atoms with van der Waals surface area (Å²) in [6.07, 6.45) is 1.96. The summed E-state index contributed by atoms with van der Waals surface area (Å²) in [5.74, 6) is 0.0830. The van der Waals surface area contributed by atoms with E-state index < -0.39 is 6.04 Å². The Hall–Kier alpha value is -1.64. The highest BCUT2D eigenvalue weighted by atomic mass is 16.1. The third-order valence-corrected chi connectivity index (χ3v) is 2.99. The SMILES string of the molecule is CCC(C)C(=O)[C@@H](Cc1ccccc1)NC=O. The van der Waals surface area contributed by atoms with Gasteiger partial charge < -0.3 is 5.32 Å². The Morgan fingerprint density at radius 1 is 1.35 bits per heavy atom. The minimum absolute atomic E-state index is 0.0174. The summed E-state index contributed by atoms with van der Waals surface area (Å²) >= 11 is 0. The molecule has 0 aromatic heterocycles. The maximum absolute atomic E-state index is 12.0. The van der Waals surface area contributed by atoms with Crippen LogP contribution in [0, 0.1) is 5.92 Å². The van der Waals surface area contributed by atoms with Crippen molar-refractivity contribution in [1.29, 1.82) is 0 Å². The Bertz CT molecular complexity index is 362. The quantitative estimate of drug-likeness (QED) is 0.732. The van der Waals surface area contributed by atoms with Crippen LogP contribution in [-0.2, 0) is 16.0 Å². The van der Waals surface area contributed by atoms with Gasteiger partial charge in [-0.25, -0.2) is 0 Å². The molecule has 0 fully saturated rings. The van der Waals surface area contributed by atoms with Crippen molar-refractivity contribution >= 4 is 12.2 Å². The highest BCUT2D eigenvalue weighted by Gasteiger charge is 2.22. The van der Waals surface area contributed by atoms with E-state index in [1.54, 1.807) is 0 Å². The summed E-state index contributed by atoms with van der Waals surface area (Å²) in [5.41, 5.74) is 1.06. The van der Waals surface area contributed by atoms with Gasteiger partial charge in [0.05, 0.1) is 6.04 Å². The molecule has 0 aliphatic carbocycles. The number of amides is 1. The van der Waals surface area contributed by atoms with Gasteiger partial charge in [0.2, 0.25) is 6.41 Å². The summed E-state index contributed by atoms with van der Waals surface area (Å²) in [6.45, 7) is 3.87. The van der Waals surface area contributed by atoms with Crippen molar-refractivity contribution in [2.24, 2.45) is 5.92 Å². The van der Waals surface area contributed by atoms with Crippen LogP contribution in [0.3, 0.4) is 0 Å². The maximum atomic E-state index is 12.0. The highest BCUT2D eigenvalue weighted by Crippen LogP contribution is 2.10. The molecule has 0 spiro atoms. The number of benzene rings is 1. The first-order chi connectivity index (χ1) is 8.19. The van der Waals surface area contributed by atoms with E-state index >= 15 is 0 Å². The Kier molecular flexibility index (Phi) is 5.40. The van der Waals surface area contributed by atoms with Crippen LogP contribution in [0.25, 0.3) is 0 Å². The van der Waals surface area contributed by atoms with Gasteiger partial charge >= 0.3 is 0 Å². The van der Waals surface area contributed by atoms with Crippen LogP contribution in [0.1, 0.15) is 25.8 Å². The summed E-state index contributed by atoms with van der Waals surface area (Å²) < 4.78 is 0. The Morgan fingerprint density at radius 2 is 2.00 bits per heavy atom. The monoisotopic (exact) mass is 233 g/mol. The average Bonchev–Trinajstić information content (AvgIpc) is 2.37.